The number of benzene rings is 1. The van der Waals surface area contributed by atoms with Crippen molar-refractivity contribution < 1.29 is 4.21 Å². The summed E-state index contributed by atoms with van der Waals surface area (Å²) in [5.74, 6) is 1.17. The molecule has 0 amide bonds. The van der Waals surface area contributed by atoms with Gasteiger partial charge in [-0.15, -0.1) is 0 Å². The highest BCUT2D eigenvalue weighted by atomic mass is 32.2. The van der Waals surface area contributed by atoms with E-state index < -0.39 is 10.8 Å². The average molecular weight is 279 g/mol. The molecule has 1 aromatic rings. The fraction of sp³-hybridized carbons (Fsp3) is 0.625. The molecule has 3 heteroatoms. The summed E-state index contributed by atoms with van der Waals surface area (Å²) < 4.78 is 12.8. The Morgan fingerprint density at radius 1 is 1.26 bits per heavy atom. The molecule has 1 fully saturated rings. The molecule has 2 N–H and O–H groups in total. The standard InChI is InChI=1S/C16H25NOS/c1-2-6-13-9-10-14(12-17)16(11-13)19(18)15-7-4-3-5-8-15/h3-5,7-8,13-14,16H,2,6,9-12,17H2,1H3. The van der Waals surface area contributed by atoms with Gasteiger partial charge in [0.1, 0.15) is 0 Å². The van der Waals surface area contributed by atoms with Crippen molar-refractivity contribution in [2.45, 2.75) is 49.2 Å². The summed E-state index contributed by atoms with van der Waals surface area (Å²) in [4.78, 5) is 0.961. The number of hydrogen-bond acceptors (Lipinski definition) is 2. The zero-order valence-corrected chi connectivity index (χ0v) is 12.6. The molecule has 0 aliphatic heterocycles. The van der Waals surface area contributed by atoms with Gasteiger partial charge in [0, 0.05) is 10.1 Å². The Morgan fingerprint density at radius 2 is 2.00 bits per heavy atom. The minimum atomic E-state index is -0.904. The van der Waals surface area contributed by atoms with Gasteiger partial charge in [-0.25, -0.2) is 0 Å². The normalized spacial score (nSPS) is 29.1. The molecule has 0 saturated heterocycles. The van der Waals surface area contributed by atoms with E-state index in [1.165, 1.54) is 19.3 Å². The highest BCUT2D eigenvalue weighted by Gasteiger charge is 2.33. The zero-order chi connectivity index (χ0) is 13.7. The summed E-state index contributed by atoms with van der Waals surface area (Å²) in [6.45, 7) is 2.90. The lowest BCUT2D eigenvalue weighted by molar-refractivity contribution is 0.272. The molecule has 0 bridgehead atoms. The van der Waals surface area contributed by atoms with E-state index in [-0.39, 0.29) is 5.25 Å². The van der Waals surface area contributed by atoms with Crippen LogP contribution in [-0.4, -0.2) is 16.0 Å². The summed E-state index contributed by atoms with van der Waals surface area (Å²) in [5.41, 5.74) is 5.89. The van der Waals surface area contributed by atoms with Crippen LogP contribution in [0.5, 0.6) is 0 Å². The van der Waals surface area contributed by atoms with Gasteiger partial charge in [-0.2, -0.15) is 0 Å². The van der Waals surface area contributed by atoms with Crippen LogP contribution in [0.3, 0.4) is 0 Å². The quantitative estimate of drug-likeness (QED) is 0.898. The summed E-state index contributed by atoms with van der Waals surface area (Å²) in [6.07, 6.45) is 5.97. The maximum Gasteiger partial charge on any atom is 0.0564 e. The van der Waals surface area contributed by atoms with Crippen LogP contribution in [0.15, 0.2) is 35.2 Å². The van der Waals surface area contributed by atoms with Crippen molar-refractivity contribution in [3.8, 4) is 0 Å². The van der Waals surface area contributed by atoms with Gasteiger partial charge in [0.2, 0.25) is 0 Å². The van der Waals surface area contributed by atoms with Crippen LogP contribution in [0.25, 0.3) is 0 Å². The van der Waals surface area contributed by atoms with Crippen molar-refractivity contribution in [2.24, 2.45) is 17.6 Å². The third-order valence-electron chi connectivity index (χ3n) is 4.29. The number of nitrogens with two attached hydrogens (primary N) is 1. The Labute approximate surface area is 119 Å². The first-order valence-corrected chi connectivity index (χ1v) is 8.63. The van der Waals surface area contributed by atoms with Crippen LogP contribution in [0.1, 0.15) is 39.0 Å². The molecule has 1 aliphatic rings. The predicted octanol–water partition coefficient (Wildman–Crippen LogP) is 3.34. The molecular weight excluding hydrogens is 254 g/mol. The van der Waals surface area contributed by atoms with Crippen molar-refractivity contribution in [1.82, 2.24) is 0 Å². The van der Waals surface area contributed by atoms with Crippen LogP contribution >= 0.6 is 0 Å². The summed E-state index contributed by atoms with van der Waals surface area (Å²) >= 11 is 0. The molecule has 0 heterocycles. The van der Waals surface area contributed by atoms with Gasteiger partial charge in [-0.1, -0.05) is 44.4 Å². The molecule has 1 aliphatic carbocycles. The second kappa shape index (κ2) is 7.20. The van der Waals surface area contributed by atoms with Crippen molar-refractivity contribution in [3.63, 3.8) is 0 Å². The average Bonchev–Trinajstić information content (AvgIpc) is 2.47. The van der Waals surface area contributed by atoms with E-state index in [0.717, 1.165) is 23.7 Å². The largest absolute Gasteiger partial charge is 0.330 e. The minimum absolute atomic E-state index is 0.248. The second-order valence-corrected chi connectivity index (χ2v) is 7.28. The summed E-state index contributed by atoms with van der Waals surface area (Å²) in [6, 6.07) is 9.87. The molecule has 2 rings (SSSR count). The van der Waals surface area contributed by atoms with Crippen molar-refractivity contribution in [2.75, 3.05) is 6.54 Å². The molecule has 106 valence electrons. The van der Waals surface area contributed by atoms with Gasteiger partial charge in [0.25, 0.3) is 0 Å². The van der Waals surface area contributed by atoms with Crippen molar-refractivity contribution in [1.29, 1.82) is 0 Å². The molecule has 2 nitrogen and oxygen atoms in total. The zero-order valence-electron chi connectivity index (χ0n) is 11.8. The monoisotopic (exact) mass is 279 g/mol. The van der Waals surface area contributed by atoms with E-state index in [2.05, 4.69) is 6.92 Å². The van der Waals surface area contributed by atoms with Crippen LogP contribution in [0, 0.1) is 11.8 Å². The Balaban J connectivity index is 2.11. The van der Waals surface area contributed by atoms with E-state index >= 15 is 0 Å². The number of rotatable bonds is 5. The van der Waals surface area contributed by atoms with Gasteiger partial charge in [-0.05, 0) is 43.4 Å². The third kappa shape index (κ3) is 3.67. The third-order valence-corrected chi connectivity index (χ3v) is 6.15. The lowest BCUT2D eigenvalue weighted by atomic mass is 9.80. The predicted molar refractivity (Wildman–Crippen MR) is 81.4 cm³/mol. The molecule has 0 aromatic heterocycles. The van der Waals surface area contributed by atoms with E-state index in [4.69, 9.17) is 5.73 Å². The first-order valence-electron chi connectivity index (χ1n) is 7.42. The van der Waals surface area contributed by atoms with Crippen LogP contribution in [0.2, 0.25) is 0 Å². The van der Waals surface area contributed by atoms with Gasteiger partial charge in [0.15, 0.2) is 0 Å². The lowest BCUT2D eigenvalue weighted by Gasteiger charge is -2.35. The molecule has 1 saturated carbocycles. The molecule has 0 spiro atoms. The van der Waals surface area contributed by atoms with Crippen LogP contribution < -0.4 is 5.73 Å². The Hall–Kier alpha value is -0.670. The minimum Gasteiger partial charge on any atom is -0.330 e. The smallest absolute Gasteiger partial charge is 0.0564 e. The Bertz CT molecular complexity index is 406. The molecule has 19 heavy (non-hydrogen) atoms. The number of hydrogen-bond donors (Lipinski definition) is 1. The van der Waals surface area contributed by atoms with Gasteiger partial charge in [0.05, 0.1) is 10.8 Å². The molecular formula is C16H25NOS. The fourth-order valence-corrected chi connectivity index (χ4v) is 5.02. The van der Waals surface area contributed by atoms with Gasteiger partial charge in [-0.3, -0.25) is 4.21 Å². The van der Waals surface area contributed by atoms with E-state index in [1.54, 1.807) is 0 Å². The molecule has 0 radical (unpaired) electrons. The van der Waals surface area contributed by atoms with Crippen LogP contribution in [-0.2, 0) is 10.8 Å². The van der Waals surface area contributed by atoms with E-state index in [1.807, 2.05) is 30.3 Å². The maximum absolute atomic E-state index is 12.8. The van der Waals surface area contributed by atoms with Crippen LogP contribution in [0.4, 0.5) is 0 Å². The highest BCUT2D eigenvalue weighted by Crippen LogP contribution is 2.35. The Kier molecular flexibility index (Phi) is 5.59. The van der Waals surface area contributed by atoms with Crippen molar-refractivity contribution in [3.05, 3.63) is 30.3 Å². The maximum atomic E-state index is 12.8. The SMILES string of the molecule is CCCC1CCC(CN)C(S(=O)c2ccccc2)C1. The summed E-state index contributed by atoms with van der Waals surface area (Å²) in [7, 11) is -0.904. The second-order valence-electron chi connectivity index (χ2n) is 5.61. The van der Waals surface area contributed by atoms with E-state index in [9.17, 15) is 4.21 Å². The molecule has 4 unspecified atom stereocenters. The fourth-order valence-electron chi connectivity index (χ4n) is 3.21. The van der Waals surface area contributed by atoms with E-state index in [0.29, 0.717) is 12.5 Å². The highest BCUT2D eigenvalue weighted by molar-refractivity contribution is 7.85. The van der Waals surface area contributed by atoms with Crippen molar-refractivity contribution >= 4 is 10.8 Å². The topological polar surface area (TPSA) is 43.1 Å². The van der Waals surface area contributed by atoms with Gasteiger partial charge >= 0.3 is 0 Å². The first kappa shape index (κ1) is 14.7. The first-order chi connectivity index (χ1) is 9.26. The van der Waals surface area contributed by atoms with Gasteiger partial charge < -0.3 is 5.73 Å². The molecule has 1 aromatic carbocycles. The molecule has 4 atom stereocenters. The summed E-state index contributed by atoms with van der Waals surface area (Å²) in [5, 5.41) is 0.248. The Morgan fingerprint density at radius 3 is 2.63 bits per heavy atom. The lowest BCUT2D eigenvalue weighted by Crippen LogP contribution is -2.37.